The Morgan fingerprint density at radius 3 is 2.30 bits per heavy atom. The number of hydrogen-bond acceptors (Lipinski definition) is 4. The van der Waals surface area contributed by atoms with E-state index < -0.39 is 11.7 Å². The molecule has 128 valence electrons. The maximum Gasteiger partial charge on any atom is 0.412 e. The van der Waals surface area contributed by atoms with Crippen molar-refractivity contribution in [3.63, 3.8) is 0 Å². The number of benzene rings is 1. The average molecular weight is 322 g/mol. The van der Waals surface area contributed by atoms with Gasteiger partial charge < -0.3 is 15.2 Å². The molecule has 0 radical (unpaired) electrons. The summed E-state index contributed by atoms with van der Waals surface area (Å²) < 4.78 is 5.17. The molecule has 3 N–H and O–H groups in total. The van der Waals surface area contributed by atoms with Gasteiger partial charge >= 0.3 is 6.09 Å². The van der Waals surface area contributed by atoms with Crippen LogP contribution in [0.1, 0.15) is 39.7 Å². The SMILES string of the molecule is CCC(CO)NC(=O)Cc1ccc(NC(=O)OC(C)(C)C)cc1. The van der Waals surface area contributed by atoms with E-state index in [1.54, 1.807) is 45.0 Å². The third kappa shape index (κ3) is 7.65. The number of nitrogens with one attached hydrogen (secondary N) is 2. The van der Waals surface area contributed by atoms with Crippen molar-refractivity contribution in [3.8, 4) is 0 Å². The summed E-state index contributed by atoms with van der Waals surface area (Å²) in [6.07, 6.45) is 0.390. The summed E-state index contributed by atoms with van der Waals surface area (Å²) in [6, 6.07) is 6.76. The highest BCUT2D eigenvalue weighted by Gasteiger charge is 2.16. The van der Waals surface area contributed by atoms with E-state index in [2.05, 4.69) is 10.6 Å². The van der Waals surface area contributed by atoms with Crippen molar-refractivity contribution in [2.24, 2.45) is 0 Å². The second kappa shape index (κ2) is 8.53. The van der Waals surface area contributed by atoms with Crippen LogP contribution >= 0.6 is 0 Å². The van der Waals surface area contributed by atoms with Crippen molar-refractivity contribution in [2.75, 3.05) is 11.9 Å². The minimum atomic E-state index is -0.551. The number of anilines is 1. The average Bonchev–Trinajstić information content (AvgIpc) is 2.44. The highest BCUT2D eigenvalue weighted by Crippen LogP contribution is 2.13. The molecule has 1 unspecified atom stereocenters. The largest absolute Gasteiger partial charge is 0.444 e. The Bertz CT molecular complexity index is 516. The van der Waals surface area contributed by atoms with Crippen LogP contribution in [0, 0.1) is 0 Å². The molecule has 1 atom stereocenters. The number of ether oxygens (including phenoxy) is 1. The molecular weight excluding hydrogens is 296 g/mol. The molecule has 23 heavy (non-hydrogen) atoms. The van der Waals surface area contributed by atoms with Gasteiger partial charge in [0.05, 0.1) is 19.1 Å². The number of aliphatic hydroxyl groups excluding tert-OH is 1. The molecule has 1 rings (SSSR count). The predicted molar refractivity (Wildman–Crippen MR) is 89.3 cm³/mol. The molecule has 6 nitrogen and oxygen atoms in total. The zero-order chi connectivity index (χ0) is 17.5. The Labute approximate surface area is 137 Å². The first kappa shape index (κ1) is 19.0. The van der Waals surface area contributed by atoms with Gasteiger partial charge in [-0.25, -0.2) is 4.79 Å². The van der Waals surface area contributed by atoms with Crippen molar-refractivity contribution >= 4 is 17.7 Å². The summed E-state index contributed by atoms with van der Waals surface area (Å²) in [5.74, 6) is -0.140. The molecule has 6 heteroatoms. The van der Waals surface area contributed by atoms with Crippen LogP contribution in [-0.4, -0.2) is 35.4 Å². The minimum absolute atomic E-state index is 0.0685. The van der Waals surface area contributed by atoms with E-state index in [0.29, 0.717) is 12.1 Å². The van der Waals surface area contributed by atoms with Gasteiger partial charge in [0.2, 0.25) is 5.91 Å². The Kier molecular flexibility index (Phi) is 7.03. The molecule has 2 amide bonds. The zero-order valence-electron chi connectivity index (χ0n) is 14.2. The number of carbonyl (C=O) groups is 2. The summed E-state index contributed by atoms with van der Waals surface area (Å²) in [6.45, 7) is 7.22. The van der Waals surface area contributed by atoms with Crippen molar-refractivity contribution in [2.45, 2.75) is 52.2 Å². The highest BCUT2D eigenvalue weighted by molar-refractivity contribution is 5.85. The van der Waals surface area contributed by atoms with Crippen LogP contribution in [0.3, 0.4) is 0 Å². The van der Waals surface area contributed by atoms with Crippen LogP contribution in [0.25, 0.3) is 0 Å². The van der Waals surface area contributed by atoms with Gasteiger partial charge in [0.15, 0.2) is 0 Å². The number of carbonyl (C=O) groups excluding carboxylic acids is 2. The Balaban J connectivity index is 2.53. The third-order valence-corrected chi connectivity index (χ3v) is 3.04. The second-order valence-electron chi connectivity index (χ2n) is 6.36. The molecule has 1 aromatic rings. The van der Waals surface area contributed by atoms with E-state index in [0.717, 1.165) is 5.56 Å². The zero-order valence-corrected chi connectivity index (χ0v) is 14.2. The quantitative estimate of drug-likeness (QED) is 0.751. The molecule has 1 aromatic carbocycles. The summed E-state index contributed by atoms with van der Waals surface area (Å²) in [7, 11) is 0. The van der Waals surface area contributed by atoms with Gasteiger partial charge in [-0.1, -0.05) is 19.1 Å². The lowest BCUT2D eigenvalue weighted by Crippen LogP contribution is -2.37. The van der Waals surface area contributed by atoms with Crippen LogP contribution in [0.15, 0.2) is 24.3 Å². The Morgan fingerprint density at radius 1 is 1.22 bits per heavy atom. The fourth-order valence-corrected chi connectivity index (χ4v) is 1.87. The highest BCUT2D eigenvalue weighted by atomic mass is 16.6. The lowest BCUT2D eigenvalue weighted by atomic mass is 10.1. The van der Waals surface area contributed by atoms with Gasteiger partial charge in [-0.05, 0) is 44.9 Å². The van der Waals surface area contributed by atoms with Gasteiger partial charge in [-0.2, -0.15) is 0 Å². The molecular formula is C17H26N2O4. The lowest BCUT2D eigenvalue weighted by molar-refractivity contribution is -0.121. The van der Waals surface area contributed by atoms with E-state index in [4.69, 9.17) is 9.84 Å². The first-order valence-electron chi connectivity index (χ1n) is 7.72. The molecule has 0 saturated carbocycles. The normalized spacial score (nSPS) is 12.4. The molecule has 0 saturated heterocycles. The topological polar surface area (TPSA) is 87.7 Å². The molecule has 0 aliphatic carbocycles. The number of rotatable bonds is 6. The first-order valence-corrected chi connectivity index (χ1v) is 7.72. The van der Waals surface area contributed by atoms with Gasteiger partial charge in [0.25, 0.3) is 0 Å². The van der Waals surface area contributed by atoms with Gasteiger partial charge in [0, 0.05) is 5.69 Å². The number of hydrogen-bond donors (Lipinski definition) is 3. The standard InChI is InChI=1S/C17H26N2O4/c1-5-13(11-20)18-15(21)10-12-6-8-14(9-7-12)19-16(22)23-17(2,3)4/h6-9,13,20H,5,10-11H2,1-4H3,(H,18,21)(H,19,22). The number of aliphatic hydroxyl groups is 1. The third-order valence-electron chi connectivity index (χ3n) is 3.04. The van der Waals surface area contributed by atoms with Gasteiger partial charge in [0.1, 0.15) is 5.60 Å². The van der Waals surface area contributed by atoms with Gasteiger partial charge in [-0.3, -0.25) is 10.1 Å². The number of amides is 2. The summed E-state index contributed by atoms with van der Waals surface area (Å²) >= 11 is 0. The minimum Gasteiger partial charge on any atom is -0.444 e. The van der Waals surface area contributed by atoms with Crippen LogP contribution in [0.4, 0.5) is 10.5 Å². The molecule has 0 heterocycles. The van der Waals surface area contributed by atoms with E-state index in [-0.39, 0.29) is 25.0 Å². The first-order chi connectivity index (χ1) is 10.7. The molecule has 0 spiro atoms. The Morgan fingerprint density at radius 2 is 1.83 bits per heavy atom. The summed E-state index contributed by atoms with van der Waals surface area (Å²) in [4.78, 5) is 23.5. The van der Waals surface area contributed by atoms with Crippen LogP contribution in [0.5, 0.6) is 0 Å². The van der Waals surface area contributed by atoms with E-state index >= 15 is 0 Å². The van der Waals surface area contributed by atoms with Crippen molar-refractivity contribution < 1.29 is 19.4 Å². The fraction of sp³-hybridized carbons (Fsp3) is 0.529. The molecule has 0 fully saturated rings. The monoisotopic (exact) mass is 322 g/mol. The molecule has 0 aliphatic rings. The van der Waals surface area contributed by atoms with Crippen LogP contribution in [-0.2, 0) is 16.0 Å². The van der Waals surface area contributed by atoms with Crippen molar-refractivity contribution in [3.05, 3.63) is 29.8 Å². The summed E-state index contributed by atoms with van der Waals surface area (Å²) in [5.41, 5.74) is 0.875. The van der Waals surface area contributed by atoms with E-state index in [1.165, 1.54) is 0 Å². The van der Waals surface area contributed by atoms with Crippen molar-refractivity contribution in [1.29, 1.82) is 0 Å². The maximum atomic E-state index is 11.8. The predicted octanol–water partition coefficient (Wildman–Crippen LogP) is 2.46. The van der Waals surface area contributed by atoms with E-state index in [9.17, 15) is 9.59 Å². The summed E-state index contributed by atoms with van der Waals surface area (Å²) in [5, 5.41) is 14.5. The smallest absolute Gasteiger partial charge is 0.412 e. The Hall–Kier alpha value is -2.08. The maximum absolute atomic E-state index is 11.8. The van der Waals surface area contributed by atoms with E-state index in [1.807, 2.05) is 6.92 Å². The van der Waals surface area contributed by atoms with Crippen LogP contribution < -0.4 is 10.6 Å². The lowest BCUT2D eigenvalue weighted by Gasteiger charge is -2.19. The van der Waals surface area contributed by atoms with Gasteiger partial charge in [-0.15, -0.1) is 0 Å². The molecule has 0 aromatic heterocycles. The second-order valence-corrected chi connectivity index (χ2v) is 6.36. The molecule has 0 bridgehead atoms. The van der Waals surface area contributed by atoms with Crippen LogP contribution in [0.2, 0.25) is 0 Å². The van der Waals surface area contributed by atoms with Crippen molar-refractivity contribution in [1.82, 2.24) is 5.32 Å². The fourth-order valence-electron chi connectivity index (χ4n) is 1.87. The molecule has 0 aliphatic heterocycles.